The van der Waals surface area contributed by atoms with Gasteiger partial charge in [0.05, 0.1) is 22.8 Å². The van der Waals surface area contributed by atoms with E-state index >= 15 is 0 Å². The molecule has 0 saturated heterocycles. The monoisotopic (exact) mass is 505 g/mol. The second kappa shape index (κ2) is 9.70. The third-order valence-electron chi connectivity index (χ3n) is 5.60. The summed E-state index contributed by atoms with van der Waals surface area (Å²) in [5.41, 5.74) is 3.20. The van der Waals surface area contributed by atoms with Crippen molar-refractivity contribution < 1.29 is 4.79 Å². The number of carbonyl (C=O) groups excluding carboxylic acids is 1. The van der Waals surface area contributed by atoms with Crippen molar-refractivity contribution in [1.29, 1.82) is 0 Å². The molecule has 0 aliphatic heterocycles. The first kappa shape index (κ1) is 22.8. The number of thiophene rings is 1. The van der Waals surface area contributed by atoms with Gasteiger partial charge in [-0.25, -0.2) is 9.97 Å². The summed E-state index contributed by atoms with van der Waals surface area (Å²) in [6, 6.07) is 19.0. The zero-order valence-corrected chi connectivity index (χ0v) is 20.7. The Morgan fingerprint density at radius 2 is 1.82 bits per heavy atom. The van der Waals surface area contributed by atoms with Crippen molar-refractivity contribution in [3.05, 3.63) is 98.9 Å². The number of pyridine rings is 1. The van der Waals surface area contributed by atoms with Crippen LogP contribution in [0.1, 0.15) is 28.4 Å². The van der Waals surface area contributed by atoms with Crippen molar-refractivity contribution in [3.63, 3.8) is 0 Å². The molecule has 0 fully saturated rings. The number of aryl methyl sites for hydroxylation is 1. The highest BCUT2D eigenvalue weighted by Crippen LogP contribution is 2.31. The number of ketones is 1. The molecular formula is C26H20ClN3O2S2. The van der Waals surface area contributed by atoms with E-state index in [1.165, 1.54) is 28.7 Å². The molecule has 0 atom stereocenters. The molecule has 2 aromatic carbocycles. The molecule has 0 aliphatic rings. The summed E-state index contributed by atoms with van der Waals surface area (Å²) in [5.74, 6) is 0.0113. The fourth-order valence-electron chi connectivity index (χ4n) is 3.75. The van der Waals surface area contributed by atoms with Crippen LogP contribution >= 0.6 is 34.7 Å². The molecule has 3 aromatic heterocycles. The van der Waals surface area contributed by atoms with Crippen LogP contribution in [0.4, 0.5) is 0 Å². The molecule has 5 rings (SSSR count). The van der Waals surface area contributed by atoms with Crippen molar-refractivity contribution in [3.8, 4) is 0 Å². The summed E-state index contributed by atoms with van der Waals surface area (Å²) >= 11 is 8.82. The number of hydrogen-bond acceptors (Lipinski definition) is 6. The Labute approximate surface area is 209 Å². The van der Waals surface area contributed by atoms with Crippen molar-refractivity contribution >= 4 is 60.9 Å². The highest BCUT2D eigenvalue weighted by atomic mass is 35.5. The number of hydrogen-bond donors (Lipinski definition) is 0. The Bertz CT molecular complexity index is 1580. The van der Waals surface area contributed by atoms with Crippen LogP contribution < -0.4 is 5.56 Å². The van der Waals surface area contributed by atoms with E-state index in [-0.39, 0.29) is 17.1 Å². The lowest BCUT2D eigenvalue weighted by Crippen LogP contribution is -2.23. The van der Waals surface area contributed by atoms with Gasteiger partial charge in [0.2, 0.25) is 0 Å². The van der Waals surface area contributed by atoms with Crippen LogP contribution in [0.15, 0.2) is 76.8 Å². The Hall–Kier alpha value is -3.00. The summed E-state index contributed by atoms with van der Waals surface area (Å²) in [6.07, 6.45) is 2.66. The third-order valence-corrected chi connectivity index (χ3v) is 7.99. The molecule has 5 nitrogen and oxygen atoms in total. The molecule has 0 aliphatic carbocycles. The van der Waals surface area contributed by atoms with Gasteiger partial charge in [-0.05, 0) is 41.8 Å². The number of aromatic nitrogens is 3. The predicted octanol–water partition coefficient (Wildman–Crippen LogP) is 6.25. The Kier molecular flexibility index (Phi) is 6.50. The number of halogens is 1. The Balaban J connectivity index is 1.57. The van der Waals surface area contributed by atoms with E-state index in [1.807, 2.05) is 24.3 Å². The molecule has 0 saturated carbocycles. The van der Waals surface area contributed by atoms with Crippen LogP contribution in [0.25, 0.3) is 20.4 Å². The first-order chi connectivity index (χ1) is 16.5. The standard InChI is InChI=1S/C26H20ClN3O2S2/c1-2-16-9-11-17(12-10-16)14-30-25(32)23-22(19-7-5-13-28-24(19)34-23)29-26(30)33-15-21(31)18-6-3-4-8-20(18)27/h3-13H,2,14-15H2,1H3. The molecule has 3 heterocycles. The second-order valence-corrected chi connectivity index (χ2v) is 10.1. The lowest BCUT2D eigenvalue weighted by molar-refractivity contribution is 0.102. The molecule has 8 heteroatoms. The van der Waals surface area contributed by atoms with Gasteiger partial charge < -0.3 is 0 Å². The lowest BCUT2D eigenvalue weighted by Gasteiger charge is -2.12. The van der Waals surface area contributed by atoms with Crippen LogP contribution in [0.2, 0.25) is 5.02 Å². The van der Waals surface area contributed by atoms with E-state index in [1.54, 1.807) is 35.0 Å². The van der Waals surface area contributed by atoms with Gasteiger partial charge in [0.1, 0.15) is 9.53 Å². The number of carbonyl (C=O) groups is 1. The van der Waals surface area contributed by atoms with E-state index < -0.39 is 0 Å². The molecule has 34 heavy (non-hydrogen) atoms. The number of Topliss-reactive ketones (excluding diaryl/α,β-unsaturated/α-hetero) is 1. The topological polar surface area (TPSA) is 64.8 Å². The second-order valence-electron chi connectivity index (χ2n) is 7.78. The van der Waals surface area contributed by atoms with Gasteiger partial charge in [-0.1, -0.05) is 66.7 Å². The van der Waals surface area contributed by atoms with Gasteiger partial charge in [0.25, 0.3) is 5.56 Å². The number of nitrogens with zero attached hydrogens (tertiary/aromatic N) is 3. The minimum atomic E-state index is -0.125. The van der Waals surface area contributed by atoms with Crippen LogP contribution in [0.3, 0.4) is 0 Å². The highest BCUT2D eigenvalue weighted by molar-refractivity contribution is 7.99. The number of fused-ring (bicyclic) bond motifs is 3. The van der Waals surface area contributed by atoms with Crippen LogP contribution in [-0.4, -0.2) is 26.1 Å². The van der Waals surface area contributed by atoms with Crippen LogP contribution in [0, 0.1) is 0 Å². The summed E-state index contributed by atoms with van der Waals surface area (Å²) in [5, 5.41) is 1.76. The van der Waals surface area contributed by atoms with Gasteiger partial charge in [0.15, 0.2) is 10.9 Å². The van der Waals surface area contributed by atoms with Crippen molar-refractivity contribution in [2.75, 3.05) is 5.75 Å². The zero-order valence-electron chi connectivity index (χ0n) is 18.3. The van der Waals surface area contributed by atoms with Gasteiger partial charge in [-0.15, -0.1) is 11.3 Å². The van der Waals surface area contributed by atoms with E-state index in [0.717, 1.165) is 22.2 Å². The largest absolute Gasteiger partial charge is 0.293 e. The molecule has 0 spiro atoms. The minimum absolute atomic E-state index is 0.111. The molecule has 0 amide bonds. The van der Waals surface area contributed by atoms with Crippen LogP contribution in [0.5, 0.6) is 0 Å². The van der Waals surface area contributed by atoms with E-state index in [4.69, 9.17) is 16.6 Å². The third kappa shape index (κ3) is 4.39. The van der Waals surface area contributed by atoms with Gasteiger partial charge in [0, 0.05) is 17.1 Å². The molecule has 0 radical (unpaired) electrons. The molecule has 0 N–H and O–H groups in total. The molecule has 0 bridgehead atoms. The summed E-state index contributed by atoms with van der Waals surface area (Å²) < 4.78 is 2.23. The van der Waals surface area contributed by atoms with Gasteiger partial charge in [-0.2, -0.15) is 0 Å². The maximum atomic E-state index is 13.6. The molecule has 0 unspecified atom stereocenters. The SMILES string of the molecule is CCc1ccc(Cn2c(SCC(=O)c3ccccc3Cl)nc3c(sc4ncccc43)c2=O)cc1. The summed E-state index contributed by atoms with van der Waals surface area (Å²) in [6.45, 7) is 2.48. The normalized spacial score (nSPS) is 11.4. The smallest absolute Gasteiger partial charge is 0.272 e. The summed E-state index contributed by atoms with van der Waals surface area (Å²) in [4.78, 5) is 36.5. The van der Waals surface area contributed by atoms with Crippen molar-refractivity contribution in [2.24, 2.45) is 0 Å². The fraction of sp³-hybridized carbons (Fsp3) is 0.154. The minimum Gasteiger partial charge on any atom is -0.293 e. The van der Waals surface area contributed by atoms with Crippen LogP contribution in [-0.2, 0) is 13.0 Å². The Morgan fingerprint density at radius 3 is 2.59 bits per heavy atom. The first-order valence-corrected chi connectivity index (χ1v) is 13.0. The van der Waals surface area contributed by atoms with Gasteiger partial charge >= 0.3 is 0 Å². The van der Waals surface area contributed by atoms with E-state index in [9.17, 15) is 9.59 Å². The first-order valence-electron chi connectivity index (χ1n) is 10.8. The zero-order chi connectivity index (χ0) is 23.7. The van der Waals surface area contributed by atoms with Crippen molar-refractivity contribution in [2.45, 2.75) is 25.0 Å². The number of thioether (sulfide) groups is 1. The number of rotatable bonds is 7. The Morgan fingerprint density at radius 1 is 1.06 bits per heavy atom. The van der Waals surface area contributed by atoms with Gasteiger partial charge in [-0.3, -0.25) is 14.2 Å². The lowest BCUT2D eigenvalue weighted by atomic mass is 10.1. The quantitative estimate of drug-likeness (QED) is 0.149. The fourth-order valence-corrected chi connectivity index (χ4v) is 5.90. The number of benzene rings is 2. The molecule has 5 aromatic rings. The van der Waals surface area contributed by atoms with Crippen molar-refractivity contribution in [1.82, 2.24) is 14.5 Å². The van der Waals surface area contributed by atoms with E-state index in [2.05, 4.69) is 24.0 Å². The maximum Gasteiger partial charge on any atom is 0.272 e. The molecular weight excluding hydrogens is 486 g/mol. The maximum absolute atomic E-state index is 13.6. The average molecular weight is 506 g/mol. The summed E-state index contributed by atoms with van der Waals surface area (Å²) in [7, 11) is 0. The predicted molar refractivity (Wildman–Crippen MR) is 141 cm³/mol. The highest BCUT2D eigenvalue weighted by Gasteiger charge is 2.19. The van der Waals surface area contributed by atoms with E-state index in [0.29, 0.717) is 32.5 Å². The average Bonchev–Trinajstić information content (AvgIpc) is 3.24. The molecule has 170 valence electrons.